The summed E-state index contributed by atoms with van der Waals surface area (Å²) >= 11 is 6.15. The van der Waals surface area contributed by atoms with E-state index in [9.17, 15) is 0 Å². The zero-order valence-corrected chi connectivity index (χ0v) is 13.8. The Morgan fingerprint density at radius 2 is 1.82 bits per heavy atom. The van der Waals surface area contributed by atoms with Crippen LogP contribution in [-0.4, -0.2) is 13.2 Å². The lowest BCUT2D eigenvalue weighted by atomic mass is 10.2. The van der Waals surface area contributed by atoms with Crippen LogP contribution >= 0.6 is 11.6 Å². The first-order valence-corrected chi connectivity index (χ1v) is 7.99. The molecule has 3 nitrogen and oxygen atoms in total. The molecule has 0 amide bonds. The lowest BCUT2D eigenvalue weighted by Crippen LogP contribution is -2.03. The molecule has 0 saturated heterocycles. The van der Waals surface area contributed by atoms with Gasteiger partial charge >= 0.3 is 0 Å². The van der Waals surface area contributed by atoms with Crippen LogP contribution in [0.1, 0.15) is 25.8 Å². The minimum absolute atomic E-state index is 0.615. The van der Waals surface area contributed by atoms with Gasteiger partial charge in [0.15, 0.2) is 11.5 Å². The molecule has 0 saturated carbocycles. The Balaban J connectivity index is 2.07. The summed E-state index contributed by atoms with van der Waals surface area (Å²) in [5.74, 6) is 1.58. The number of ether oxygens (including phenoxy) is 2. The number of halogens is 1. The summed E-state index contributed by atoms with van der Waals surface area (Å²) in [7, 11) is 0. The van der Waals surface area contributed by atoms with Crippen molar-refractivity contribution in [2.75, 3.05) is 18.5 Å². The summed E-state index contributed by atoms with van der Waals surface area (Å²) < 4.78 is 11.4. The molecule has 0 aliphatic rings. The van der Waals surface area contributed by atoms with Crippen LogP contribution in [0.25, 0.3) is 0 Å². The molecule has 0 radical (unpaired) electrons. The predicted octanol–water partition coefficient (Wildman–Crippen LogP) is 5.14. The van der Waals surface area contributed by atoms with Crippen LogP contribution in [0.3, 0.4) is 0 Å². The highest BCUT2D eigenvalue weighted by atomic mass is 35.5. The minimum Gasteiger partial charge on any atom is -0.490 e. The number of hydrogen-bond donors (Lipinski definition) is 1. The van der Waals surface area contributed by atoms with Crippen molar-refractivity contribution in [3.05, 3.63) is 53.1 Å². The van der Waals surface area contributed by atoms with E-state index in [1.165, 1.54) is 0 Å². The minimum atomic E-state index is 0.615. The first-order valence-electron chi connectivity index (χ1n) is 7.61. The molecule has 0 aromatic heterocycles. The number of benzene rings is 2. The van der Waals surface area contributed by atoms with Gasteiger partial charge in [-0.3, -0.25) is 0 Å². The molecule has 0 spiro atoms. The van der Waals surface area contributed by atoms with Gasteiger partial charge < -0.3 is 14.8 Å². The van der Waals surface area contributed by atoms with E-state index in [0.29, 0.717) is 19.8 Å². The van der Waals surface area contributed by atoms with Gasteiger partial charge in [0, 0.05) is 6.54 Å². The molecule has 1 N–H and O–H groups in total. The fourth-order valence-corrected chi connectivity index (χ4v) is 2.27. The van der Waals surface area contributed by atoms with E-state index in [-0.39, 0.29) is 0 Å². The lowest BCUT2D eigenvalue weighted by molar-refractivity contribution is 0.276. The predicted molar refractivity (Wildman–Crippen MR) is 92.2 cm³/mol. The van der Waals surface area contributed by atoms with Crippen molar-refractivity contribution in [1.82, 2.24) is 0 Å². The fourth-order valence-electron chi connectivity index (χ4n) is 2.06. The molecule has 2 aromatic carbocycles. The second-order valence-electron chi connectivity index (χ2n) is 4.90. The van der Waals surface area contributed by atoms with Gasteiger partial charge in [-0.05, 0) is 43.2 Å². The molecule has 0 atom stereocenters. The Morgan fingerprint density at radius 3 is 2.55 bits per heavy atom. The van der Waals surface area contributed by atoms with Crippen LogP contribution in [0.4, 0.5) is 5.69 Å². The molecule has 4 heteroatoms. The van der Waals surface area contributed by atoms with Gasteiger partial charge in [-0.25, -0.2) is 0 Å². The molecule has 0 unspecified atom stereocenters. The summed E-state index contributed by atoms with van der Waals surface area (Å²) in [4.78, 5) is 0. The second-order valence-corrected chi connectivity index (χ2v) is 5.30. The van der Waals surface area contributed by atoms with E-state index in [1.807, 2.05) is 49.4 Å². The van der Waals surface area contributed by atoms with Crippen LogP contribution in [0.2, 0.25) is 5.02 Å². The Labute approximate surface area is 137 Å². The molecule has 0 fully saturated rings. The summed E-state index contributed by atoms with van der Waals surface area (Å²) in [6.45, 7) is 6.04. The van der Waals surface area contributed by atoms with Crippen LogP contribution in [0, 0.1) is 0 Å². The maximum Gasteiger partial charge on any atom is 0.161 e. The van der Waals surface area contributed by atoms with Crippen molar-refractivity contribution in [3.63, 3.8) is 0 Å². The molecule has 0 aliphatic carbocycles. The molecule has 0 aliphatic heterocycles. The zero-order valence-electron chi connectivity index (χ0n) is 13.1. The summed E-state index contributed by atoms with van der Waals surface area (Å²) in [6, 6.07) is 13.7. The lowest BCUT2D eigenvalue weighted by Gasteiger charge is -2.14. The van der Waals surface area contributed by atoms with Crippen LogP contribution in [-0.2, 0) is 6.54 Å². The quantitative estimate of drug-likeness (QED) is 0.730. The van der Waals surface area contributed by atoms with Crippen molar-refractivity contribution in [2.45, 2.75) is 26.8 Å². The number of anilines is 1. The molecular weight excluding hydrogens is 298 g/mol. The number of nitrogens with one attached hydrogen (secondary N) is 1. The fraction of sp³-hybridized carbons (Fsp3) is 0.333. The molecule has 118 valence electrons. The van der Waals surface area contributed by atoms with E-state index in [1.54, 1.807) is 0 Å². The van der Waals surface area contributed by atoms with Gasteiger partial charge in [0.1, 0.15) is 0 Å². The summed E-state index contributed by atoms with van der Waals surface area (Å²) in [5.41, 5.74) is 2.04. The van der Waals surface area contributed by atoms with E-state index in [0.717, 1.165) is 34.2 Å². The maximum atomic E-state index is 6.15. The Kier molecular flexibility index (Phi) is 6.41. The van der Waals surface area contributed by atoms with Gasteiger partial charge in [-0.15, -0.1) is 0 Å². The normalized spacial score (nSPS) is 10.3. The Morgan fingerprint density at radius 1 is 1.00 bits per heavy atom. The SMILES string of the molecule is CCCOc1ccc(CNc2ccccc2Cl)cc1OCC. The Hall–Kier alpha value is -1.87. The maximum absolute atomic E-state index is 6.15. The summed E-state index contributed by atoms with van der Waals surface area (Å²) in [5, 5.41) is 4.05. The Bertz CT molecular complexity index is 601. The monoisotopic (exact) mass is 319 g/mol. The van der Waals surface area contributed by atoms with Gasteiger partial charge in [0.05, 0.1) is 23.9 Å². The third kappa shape index (κ3) is 4.57. The van der Waals surface area contributed by atoms with Crippen LogP contribution < -0.4 is 14.8 Å². The molecule has 0 bridgehead atoms. The van der Waals surface area contributed by atoms with Gasteiger partial charge in [-0.2, -0.15) is 0 Å². The van der Waals surface area contributed by atoms with E-state index >= 15 is 0 Å². The topological polar surface area (TPSA) is 30.5 Å². The summed E-state index contributed by atoms with van der Waals surface area (Å²) in [6.07, 6.45) is 0.974. The first-order chi connectivity index (χ1) is 10.7. The highest BCUT2D eigenvalue weighted by Crippen LogP contribution is 2.29. The standard InChI is InChI=1S/C18H22ClNO2/c1-3-11-22-17-10-9-14(12-18(17)21-4-2)13-20-16-8-6-5-7-15(16)19/h5-10,12,20H,3-4,11,13H2,1-2H3. The molecule has 2 aromatic rings. The number of rotatable bonds is 8. The van der Waals surface area contributed by atoms with E-state index in [2.05, 4.69) is 12.2 Å². The first kappa shape index (κ1) is 16.5. The van der Waals surface area contributed by atoms with Crippen molar-refractivity contribution in [3.8, 4) is 11.5 Å². The highest BCUT2D eigenvalue weighted by molar-refractivity contribution is 6.33. The molecule has 22 heavy (non-hydrogen) atoms. The zero-order chi connectivity index (χ0) is 15.8. The van der Waals surface area contributed by atoms with E-state index < -0.39 is 0 Å². The largest absolute Gasteiger partial charge is 0.490 e. The molecular formula is C18H22ClNO2. The smallest absolute Gasteiger partial charge is 0.161 e. The van der Waals surface area contributed by atoms with Crippen molar-refractivity contribution in [1.29, 1.82) is 0 Å². The van der Waals surface area contributed by atoms with Crippen molar-refractivity contribution >= 4 is 17.3 Å². The third-order valence-electron chi connectivity index (χ3n) is 3.13. The average molecular weight is 320 g/mol. The van der Waals surface area contributed by atoms with Gasteiger partial charge in [-0.1, -0.05) is 36.7 Å². The van der Waals surface area contributed by atoms with Crippen molar-refractivity contribution < 1.29 is 9.47 Å². The van der Waals surface area contributed by atoms with Crippen molar-refractivity contribution in [2.24, 2.45) is 0 Å². The molecule has 0 heterocycles. The van der Waals surface area contributed by atoms with Crippen LogP contribution in [0.5, 0.6) is 11.5 Å². The van der Waals surface area contributed by atoms with Gasteiger partial charge in [0.25, 0.3) is 0 Å². The van der Waals surface area contributed by atoms with Crippen LogP contribution in [0.15, 0.2) is 42.5 Å². The van der Waals surface area contributed by atoms with E-state index in [4.69, 9.17) is 21.1 Å². The number of hydrogen-bond acceptors (Lipinski definition) is 3. The second kappa shape index (κ2) is 8.54. The number of para-hydroxylation sites is 1. The molecule has 2 rings (SSSR count). The average Bonchev–Trinajstić information content (AvgIpc) is 2.53. The highest BCUT2D eigenvalue weighted by Gasteiger charge is 2.07. The van der Waals surface area contributed by atoms with Gasteiger partial charge in [0.2, 0.25) is 0 Å². The third-order valence-corrected chi connectivity index (χ3v) is 3.46.